The Morgan fingerprint density at radius 2 is 2.05 bits per heavy atom. The van der Waals surface area contributed by atoms with Gasteiger partial charge in [-0.1, -0.05) is 12.1 Å². The maximum absolute atomic E-state index is 11.9. The summed E-state index contributed by atoms with van der Waals surface area (Å²) in [6, 6.07) is 6.36. The first-order chi connectivity index (χ1) is 9.08. The molecule has 1 aliphatic heterocycles. The van der Waals surface area contributed by atoms with E-state index in [9.17, 15) is 14.9 Å². The van der Waals surface area contributed by atoms with Gasteiger partial charge in [-0.3, -0.25) is 14.9 Å². The number of nitro groups is 1. The zero-order chi connectivity index (χ0) is 13.8. The number of amides is 1. The Kier molecular flexibility index (Phi) is 5.91. The van der Waals surface area contributed by atoms with E-state index < -0.39 is 4.92 Å². The van der Waals surface area contributed by atoms with Crippen molar-refractivity contribution in [2.45, 2.75) is 19.4 Å². The largest absolute Gasteiger partial charge is 0.340 e. The van der Waals surface area contributed by atoms with Crippen LogP contribution in [-0.4, -0.2) is 41.4 Å². The lowest BCUT2D eigenvalue weighted by Crippen LogP contribution is -2.54. The Morgan fingerprint density at radius 1 is 1.40 bits per heavy atom. The molecule has 0 aliphatic carbocycles. The van der Waals surface area contributed by atoms with Crippen molar-refractivity contribution in [3.8, 4) is 0 Å². The molecule has 1 amide bonds. The number of non-ortho nitro benzene ring substituents is 1. The van der Waals surface area contributed by atoms with E-state index in [1.165, 1.54) is 12.1 Å². The Morgan fingerprint density at radius 3 is 2.65 bits per heavy atom. The van der Waals surface area contributed by atoms with Crippen LogP contribution in [-0.2, 0) is 11.2 Å². The van der Waals surface area contributed by atoms with Gasteiger partial charge in [0.2, 0.25) is 5.91 Å². The summed E-state index contributed by atoms with van der Waals surface area (Å²) in [4.78, 5) is 23.8. The van der Waals surface area contributed by atoms with Gasteiger partial charge in [-0.2, -0.15) is 0 Å². The molecule has 0 bridgehead atoms. The Balaban J connectivity index is 0.00000200. The van der Waals surface area contributed by atoms with E-state index in [4.69, 9.17) is 0 Å². The normalized spacial score (nSPS) is 18.6. The fourth-order valence-corrected chi connectivity index (χ4v) is 2.16. The molecule has 0 aromatic heterocycles. The average Bonchev–Trinajstić information content (AvgIpc) is 2.41. The lowest BCUT2D eigenvalue weighted by molar-refractivity contribution is -0.384. The van der Waals surface area contributed by atoms with Gasteiger partial charge in [-0.15, -0.1) is 12.4 Å². The Labute approximate surface area is 123 Å². The highest BCUT2D eigenvalue weighted by atomic mass is 35.5. The molecule has 1 fully saturated rings. The standard InChI is InChI=1S/C13H17N3O3.ClH/c1-10-13(17)15(9-7-14-10)8-6-11-2-4-12(5-3-11)16(18)19;/h2-5,10,14H,6-9H2,1H3;1H. The van der Waals surface area contributed by atoms with Crippen LogP contribution in [0.15, 0.2) is 24.3 Å². The summed E-state index contributed by atoms with van der Waals surface area (Å²) in [5.74, 6) is 0.119. The summed E-state index contributed by atoms with van der Waals surface area (Å²) >= 11 is 0. The smallest absolute Gasteiger partial charge is 0.269 e. The maximum atomic E-state index is 11.9. The highest BCUT2D eigenvalue weighted by Crippen LogP contribution is 2.13. The van der Waals surface area contributed by atoms with Crippen LogP contribution in [0.25, 0.3) is 0 Å². The highest BCUT2D eigenvalue weighted by molar-refractivity contribution is 5.85. The van der Waals surface area contributed by atoms with Gasteiger partial charge in [0.05, 0.1) is 11.0 Å². The molecular formula is C13H18ClN3O3. The predicted octanol–water partition coefficient (Wildman–Crippen LogP) is 1.38. The van der Waals surface area contributed by atoms with Crippen LogP contribution in [0.2, 0.25) is 0 Å². The maximum Gasteiger partial charge on any atom is 0.269 e. The van der Waals surface area contributed by atoms with Gasteiger partial charge in [0.25, 0.3) is 5.69 Å². The number of hydrogen-bond acceptors (Lipinski definition) is 4. The zero-order valence-corrected chi connectivity index (χ0v) is 12.1. The summed E-state index contributed by atoms with van der Waals surface area (Å²) < 4.78 is 0. The second kappa shape index (κ2) is 7.21. The van der Waals surface area contributed by atoms with E-state index in [0.29, 0.717) is 6.54 Å². The van der Waals surface area contributed by atoms with Crippen molar-refractivity contribution >= 4 is 24.0 Å². The van der Waals surface area contributed by atoms with Gasteiger partial charge in [0.15, 0.2) is 0 Å². The monoisotopic (exact) mass is 299 g/mol. The van der Waals surface area contributed by atoms with Gasteiger partial charge in [0.1, 0.15) is 0 Å². The van der Waals surface area contributed by atoms with E-state index in [0.717, 1.165) is 25.1 Å². The highest BCUT2D eigenvalue weighted by Gasteiger charge is 2.23. The van der Waals surface area contributed by atoms with Crippen molar-refractivity contribution < 1.29 is 9.72 Å². The number of carbonyl (C=O) groups is 1. The molecular weight excluding hydrogens is 282 g/mol. The van der Waals surface area contributed by atoms with Crippen LogP contribution < -0.4 is 5.32 Å². The quantitative estimate of drug-likeness (QED) is 0.673. The molecule has 6 nitrogen and oxygen atoms in total. The third kappa shape index (κ3) is 3.91. The van der Waals surface area contributed by atoms with Crippen LogP contribution in [0, 0.1) is 10.1 Å². The number of nitrogens with one attached hydrogen (secondary N) is 1. The molecule has 1 unspecified atom stereocenters. The first kappa shape index (κ1) is 16.4. The lowest BCUT2D eigenvalue weighted by Gasteiger charge is -2.31. The van der Waals surface area contributed by atoms with Gasteiger partial charge in [-0.25, -0.2) is 0 Å². The topological polar surface area (TPSA) is 75.5 Å². The van der Waals surface area contributed by atoms with Crippen LogP contribution in [0.5, 0.6) is 0 Å². The van der Waals surface area contributed by atoms with E-state index >= 15 is 0 Å². The molecule has 1 aromatic carbocycles. The predicted molar refractivity (Wildman–Crippen MR) is 78.1 cm³/mol. The second-order valence-electron chi connectivity index (χ2n) is 4.67. The molecule has 1 N–H and O–H groups in total. The first-order valence-corrected chi connectivity index (χ1v) is 6.33. The zero-order valence-electron chi connectivity index (χ0n) is 11.2. The van der Waals surface area contributed by atoms with E-state index in [2.05, 4.69) is 5.32 Å². The number of benzene rings is 1. The number of carbonyl (C=O) groups excluding carboxylic acids is 1. The molecule has 0 saturated carbocycles. The van der Waals surface area contributed by atoms with Crippen molar-refractivity contribution in [2.24, 2.45) is 0 Å². The van der Waals surface area contributed by atoms with E-state index in [-0.39, 0.29) is 30.0 Å². The molecule has 1 heterocycles. The molecule has 7 heteroatoms. The lowest BCUT2D eigenvalue weighted by atomic mass is 10.1. The van der Waals surface area contributed by atoms with Crippen LogP contribution in [0.3, 0.4) is 0 Å². The fourth-order valence-electron chi connectivity index (χ4n) is 2.16. The number of nitro benzene ring substituents is 1. The minimum Gasteiger partial charge on any atom is -0.340 e. The van der Waals surface area contributed by atoms with Crippen molar-refractivity contribution in [1.82, 2.24) is 10.2 Å². The minimum atomic E-state index is -0.411. The molecule has 20 heavy (non-hydrogen) atoms. The van der Waals surface area contributed by atoms with E-state index in [1.807, 2.05) is 11.8 Å². The molecule has 0 spiro atoms. The summed E-state index contributed by atoms with van der Waals surface area (Å²) in [5, 5.41) is 13.7. The Hall–Kier alpha value is -1.66. The SMILES string of the molecule is CC1NCCN(CCc2ccc([N+](=O)[O-])cc2)C1=O.Cl. The number of hydrogen-bond donors (Lipinski definition) is 1. The van der Waals surface area contributed by atoms with Gasteiger partial charge in [0, 0.05) is 31.8 Å². The van der Waals surface area contributed by atoms with Gasteiger partial charge in [-0.05, 0) is 18.9 Å². The minimum absolute atomic E-state index is 0. The van der Waals surface area contributed by atoms with Crippen LogP contribution >= 0.6 is 12.4 Å². The van der Waals surface area contributed by atoms with Crippen LogP contribution in [0.4, 0.5) is 5.69 Å². The first-order valence-electron chi connectivity index (χ1n) is 6.33. The Bertz CT molecular complexity index is 478. The van der Waals surface area contributed by atoms with Crippen molar-refractivity contribution in [3.05, 3.63) is 39.9 Å². The molecule has 1 aliphatic rings. The number of piperazine rings is 1. The molecule has 110 valence electrons. The van der Waals surface area contributed by atoms with E-state index in [1.54, 1.807) is 12.1 Å². The number of rotatable bonds is 4. The van der Waals surface area contributed by atoms with Gasteiger partial charge < -0.3 is 10.2 Å². The molecule has 1 atom stereocenters. The van der Waals surface area contributed by atoms with Crippen molar-refractivity contribution in [3.63, 3.8) is 0 Å². The molecule has 1 saturated heterocycles. The number of halogens is 1. The van der Waals surface area contributed by atoms with Crippen LogP contribution in [0.1, 0.15) is 12.5 Å². The third-order valence-electron chi connectivity index (χ3n) is 3.33. The summed E-state index contributed by atoms with van der Waals surface area (Å²) in [6.45, 7) is 4.05. The number of nitrogens with zero attached hydrogens (tertiary/aromatic N) is 2. The third-order valence-corrected chi connectivity index (χ3v) is 3.33. The summed E-state index contributed by atoms with van der Waals surface area (Å²) in [5.41, 5.74) is 1.10. The van der Waals surface area contributed by atoms with Gasteiger partial charge >= 0.3 is 0 Å². The van der Waals surface area contributed by atoms with Crippen molar-refractivity contribution in [1.29, 1.82) is 0 Å². The average molecular weight is 300 g/mol. The molecule has 1 aromatic rings. The molecule has 0 radical (unpaired) electrons. The summed E-state index contributed by atoms with van der Waals surface area (Å²) in [6.07, 6.45) is 0.719. The summed E-state index contributed by atoms with van der Waals surface area (Å²) in [7, 11) is 0. The second-order valence-corrected chi connectivity index (χ2v) is 4.67. The fraction of sp³-hybridized carbons (Fsp3) is 0.462. The van der Waals surface area contributed by atoms with Crippen molar-refractivity contribution in [2.75, 3.05) is 19.6 Å². The molecule has 2 rings (SSSR count).